The summed E-state index contributed by atoms with van der Waals surface area (Å²) < 4.78 is 0. The van der Waals surface area contributed by atoms with Crippen molar-refractivity contribution in [2.24, 2.45) is 0 Å². The number of hydrogen-bond acceptors (Lipinski definition) is 1. The molecule has 0 aliphatic heterocycles. The monoisotopic (exact) mass is 441 g/mol. The third kappa shape index (κ3) is 3.88. The van der Waals surface area contributed by atoms with E-state index in [9.17, 15) is 0 Å². The van der Waals surface area contributed by atoms with Crippen LogP contribution in [0.5, 0.6) is 0 Å². The van der Waals surface area contributed by atoms with E-state index in [4.69, 9.17) is 0 Å². The first-order chi connectivity index (χ1) is 16.4. The largest absolute Gasteiger partial charge is 0.356 e. The van der Waals surface area contributed by atoms with Crippen LogP contribution in [0, 0.1) is 13.8 Å². The van der Waals surface area contributed by atoms with Crippen molar-refractivity contribution >= 4 is 17.5 Å². The first-order valence-electron chi connectivity index (χ1n) is 11.9. The van der Waals surface area contributed by atoms with Crippen molar-refractivity contribution in [1.29, 1.82) is 0 Å². The molecular formula is C33H31N. The molecule has 1 N–H and O–H groups in total. The van der Waals surface area contributed by atoms with E-state index >= 15 is 0 Å². The van der Waals surface area contributed by atoms with Crippen LogP contribution in [0.3, 0.4) is 0 Å². The lowest BCUT2D eigenvalue weighted by Crippen LogP contribution is -2.15. The van der Waals surface area contributed by atoms with Crippen molar-refractivity contribution < 1.29 is 0 Å². The Labute approximate surface area is 203 Å². The second-order valence-corrected chi connectivity index (χ2v) is 9.80. The molecule has 0 aromatic heterocycles. The minimum Gasteiger partial charge on any atom is -0.356 e. The molecule has 0 spiro atoms. The molecule has 4 aromatic carbocycles. The van der Waals surface area contributed by atoms with Crippen LogP contribution in [0.2, 0.25) is 0 Å². The highest BCUT2D eigenvalue weighted by Gasteiger charge is 2.35. The van der Waals surface area contributed by atoms with Crippen LogP contribution in [0.15, 0.2) is 97.6 Å². The van der Waals surface area contributed by atoms with Gasteiger partial charge in [0, 0.05) is 16.8 Å². The Kier molecular flexibility index (Phi) is 5.49. The molecule has 34 heavy (non-hydrogen) atoms. The number of allylic oxidation sites excluding steroid dienone is 2. The van der Waals surface area contributed by atoms with Gasteiger partial charge in [0.15, 0.2) is 0 Å². The van der Waals surface area contributed by atoms with Gasteiger partial charge in [0.2, 0.25) is 0 Å². The van der Waals surface area contributed by atoms with Crippen LogP contribution >= 0.6 is 0 Å². The molecule has 0 bridgehead atoms. The zero-order valence-electron chi connectivity index (χ0n) is 20.4. The van der Waals surface area contributed by atoms with Gasteiger partial charge in [0.05, 0.1) is 0 Å². The van der Waals surface area contributed by atoms with Gasteiger partial charge >= 0.3 is 0 Å². The molecule has 1 aliphatic carbocycles. The smallest absolute Gasteiger partial charge is 0.0387 e. The minimum absolute atomic E-state index is 0.00142. The minimum atomic E-state index is 0.00142. The Hall–Kier alpha value is -3.84. The second-order valence-electron chi connectivity index (χ2n) is 9.80. The second kappa shape index (κ2) is 8.50. The SMILES string of the molecule is C=C/C=C\c1cc(-c2ccc(Nc3ccc4c(c3)C(C)(C)c3cc(C)ccc3-4)cc2)ccc1C. The first kappa shape index (κ1) is 22.0. The Balaban J connectivity index is 1.40. The summed E-state index contributed by atoms with van der Waals surface area (Å²) in [5, 5.41) is 3.61. The molecule has 0 radical (unpaired) electrons. The summed E-state index contributed by atoms with van der Waals surface area (Å²) in [5.74, 6) is 0. The van der Waals surface area contributed by atoms with Crippen molar-refractivity contribution in [2.45, 2.75) is 33.1 Å². The third-order valence-corrected chi connectivity index (χ3v) is 7.03. The van der Waals surface area contributed by atoms with Gasteiger partial charge in [-0.3, -0.25) is 0 Å². The summed E-state index contributed by atoms with van der Waals surface area (Å²) in [6.07, 6.45) is 5.90. The molecule has 0 atom stereocenters. The van der Waals surface area contributed by atoms with Crippen LogP contribution in [0.25, 0.3) is 28.3 Å². The van der Waals surface area contributed by atoms with E-state index < -0.39 is 0 Å². The molecular weight excluding hydrogens is 410 g/mol. The molecule has 0 amide bonds. The Bertz CT molecular complexity index is 1420. The van der Waals surface area contributed by atoms with Gasteiger partial charge < -0.3 is 5.32 Å². The maximum Gasteiger partial charge on any atom is 0.0387 e. The number of fused-ring (bicyclic) bond motifs is 3. The van der Waals surface area contributed by atoms with E-state index in [1.807, 2.05) is 12.2 Å². The fourth-order valence-electron chi connectivity index (χ4n) is 5.01. The molecule has 0 fully saturated rings. The fraction of sp³-hybridized carbons (Fsp3) is 0.152. The van der Waals surface area contributed by atoms with E-state index in [1.165, 1.54) is 50.1 Å². The number of rotatable bonds is 5. The maximum atomic E-state index is 3.78. The van der Waals surface area contributed by atoms with Gasteiger partial charge in [-0.1, -0.05) is 92.7 Å². The average Bonchev–Trinajstić information content (AvgIpc) is 3.05. The van der Waals surface area contributed by atoms with Crippen molar-refractivity contribution in [1.82, 2.24) is 0 Å². The van der Waals surface area contributed by atoms with Gasteiger partial charge in [-0.2, -0.15) is 0 Å². The predicted molar refractivity (Wildman–Crippen MR) is 148 cm³/mol. The summed E-state index contributed by atoms with van der Waals surface area (Å²) in [4.78, 5) is 0. The van der Waals surface area contributed by atoms with Gasteiger partial charge in [-0.05, 0) is 88.7 Å². The summed E-state index contributed by atoms with van der Waals surface area (Å²) in [7, 11) is 0. The molecule has 0 heterocycles. The average molecular weight is 442 g/mol. The normalized spacial score (nSPS) is 13.5. The highest BCUT2D eigenvalue weighted by Crippen LogP contribution is 2.49. The quantitative estimate of drug-likeness (QED) is 0.304. The van der Waals surface area contributed by atoms with Crippen LogP contribution in [-0.2, 0) is 5.41 Å². The zero-order chi connectivity index (χ0) is 23.9. The van der Waals surface area contributed by atoms with Gasteiger partial charge in [-0.25, -0.2) is 0 Å². The van der Waals surface area contributed by atoms with E-state index in [2.05, 4.69) is 125 Å². The van der Waals surface area contributed by atoms with Gasteiger partial charge in [-0.15, -0.1) is 0 Å². The van der Waals surface area contributed by atoms with Crippen molar-refractivity contribution in [3.05, 3.63) is 125 Å². The molecule has 168 valence electrons. The van der Waals surface area contributed by atoms with Crippen LogP contribution < -0.4 is 5.32 Å². The first-order valence-corrected chi connectivity index (χ1v) is 11.9. The van der Waals surface area contributed by atoms with E-state index in [-0.39, 0.29) is 5.41 Å². The third-order valence-electron chi connectivity index (χ3n) is 7.03. The molecule has 1 heteroatoms. The molecule has 4 aromatic rings. The van der Waals surface area contributed by atoms with Gasteiger partial charge in [0.1, 0.15) is 0 Å². The predicted octanol–water partition coefficient (Wildman–Crippen LogP) is 9.22. The molecule has 0 unspecified atom stereocenters. The summed E-state index contributed by atoms with van der Waals surface area (Å²) in [6, 6.07) is 28.9. The molecule has 0 saturated heterocycles. The topological polar surface area (TPSA) is 12.0 Å². The summed E-state index contributed by atoms with van der Waals surface area (Å²) in [5.41, 5.74) is 13.9. The highest BCUT2D eigenvalue weighted by atomic mass is 14.9. The number of aryl methyl sites for hydroxylation is 2. The maximum absolute atomic E-state index is 3.78. The lowest BCUT2D eigenvalue weighted by atomic mass is 9.82. The number of benzene rings is 4. The fourth-order valence-corrected chi connectivity index (χ4v) is 5.01. The van der Waals surface area contributed by atoms with Crippen molar-refractivity contribution in [3.63, 3.8) is 0 Å². The number of hydrogen-bond donors (Lipinski definition) is 1. The van der Waals surface area contributed by atoms with E-state index in [0.717, 1.165) is 11.4 Å². The van der Waals surface area contributed by atoms with Gasteiger partial charge in [0.25, 0.3) is 0 Å². The van der Waals surface area contributed by atoms with Crippen LogP contribution in [0.4, 0.5) is 11.4 Å². The summed E-state index contributed by atoms with van der Waals surface area (Å²) in [6.45, 7) is 12.7. The molecule has 0 saturated carbocycles. The van der Waals surface area contributed by atoms with E-state index in [1.54, 1.807) is 0 Å². The lowest BCUT2D eigenvalue weighted by Gasteiger charge is -2.22. The molecule has 1 nitrogen and oxygen atoms in total. The van der Waals surface area contributed by atoms with Crippen LogP contribution in [0.1, 0.15) is 41.7 Å². The Morgan fingerprint density at radius 1 is 0.706 bits per heavy atom. The van der Waals surface area contributed by atoms with Crippen molar-refractivity contribution in [3.8, 4) is 22.3 Å². The summed E-state index contributed by atoms with van der Waals surface area (Å²) >= 11 is 0. The highest BCUT2D eigenvalue weighted by molar-refractivity contribution is 5.83. The number of nitrogens with one attached hydrogen (secondary N) is 1. The lowest BCUT2D eigenvalue weighted by molar-refractivity contribution is 0.660. The Morgan fingerprint density at radius 2 is 1.35 bits per heavy atom. The number of anilines is 2. The van der Waals surface area contributed by atoms with E-state index in [0.29, 0.717) is 0 Å². The Morgan fingerprint density at radius 3 is 2.09 bits per heavy atom. The molecule has 1 aliphatic rings. The standard InChI is InChI=1S/C33H31N/c1-6-7-8-25-20-26(11-10-23(25)3)24-12-14-27(15-13-24)34-28-16-18-30-29-17-9-22(2)19-31(29)33(4,5)32(30)21-28/h6-21,34H,1H2,2-5H3/b8-7-. The zero-order valence-corrected chi connectivity index (χ0v) is 20.4. The van der Waals surface area contributed by atoms with Crippen LogP contribution in [-0.4, -0.2) is 0 Å². The molecule has 5 rings (SSSR count). The van der Waals surface area contributed by atoms with Crippen molar-refractivity contribution in [2.75, 3.05) is 5.32 Å².